The molecule has 4 aliphatic rings. The number of hydrogen-bond donors (Lipinski definition) is 1. The van der Waals surface area contributed by atoms with Crippen molar-refractivity contribution in [2.24, 2.45) is 0 Å². The van der Waals surface area contributed by atoms with Gasteiger partial charge < -0.3 is 10.2 Å². The number of allylic oxidation sites excluding steroid dienone is 1. The lowest BCUT2D eigenvalue weighted by molar-refractivity contribution is 0.102. The van der Waals surface area contributed by atoms with Crippen LogP contribution in [-0.2, 0) is 6.42 Å². The number of carbonyl (C=O) groups is 1. The van der Waals surface area contributed by atoms with Gasteiger partial charge in [0.05, 0.1) is 28.8 Å². The van der Waals surface area contributed by atoms with Gasteiger partial charge in [-0.05, 0) is 126 Å². The zero-order valence-corrected chi connectivity index (χ0v) is 27.8. The maximum Gasteiger partial charge on any atom is 0.259 e. The highest BCUT2D eigenvalue weighted by Gasteiger charge is 2.42. The van der Waals surface area contributed by atoms with Crippen LogP contribution in [-0.4, -0.2) is 52.8 Å². The fourth-order valence-corrected chi connectivity index (χ4v) is 9.11. The van der Waals surface area contributed by atoms with Crippen molar-refractivity contribution in [1.29, 1.82) is 0 Å². The van der Waals surface area contributed by atoms with Gasteiger partial charge in [-0.15, -0.1) is 0 Å². The van der Waals surface area contributed by atoms with Gasteiger partial charge in [0.1, 0.15) is 0 Å². The summed E-state index contributed by atoms with van der Waals surface area (Å²) in [4.78, 5) is 18.5. The molecular weight excluding hydrogens is 646 g/mol. The SMILES string of the molecule is Cc1c(C(=O)Nc2ccc(N3CCN(C4CC5CC=Cc6ccc7c(c65)C4CCC7)CC3)c(Br)c2)cnn1-c1ccc(Cl)cc1. The minimum absolute atomic E-state index is 0.179. The molecular formula is C37H37BrClN5O. The zero-order chi connectivity index (χ0) is 30.7. The molecule has 0 radical (unpaired) electrons. The number of hydrogen-bond acceptors (Lipinski definition) is 4. The van der Waals surface area contributed by atoms with E-state index in [9.17, 15) is 4.79 Å². The molecule has 0 spiro atoms. The molecule has 45 heavy (non-hydrogen) atoms. The molecule has 3 aliphatic carbocycles. The van der Waals surface area contributed by atoms with E-state index in [0.717, 1.165) is 47.7 Å². The van der Waals surface area contributed by atoms with Crippen LogP contribution in [0.3, 0.4) is 0 Å². The van der Waals surface area contributed by atoms with Crippen molar-refractivity contribution in [2.45, 2.75) is 56.9 Å². The Balaban J connectivity index is 0.936. The Labute approximate surface area is 278 Å². The summed E-state index contributed by atoms with van der Waals surface area (Å²) in [5.41, 5.74) is 10.6. The van der Waals surface area contributed by atoms with E-state index in [1.54, 1.807) is 27.6 Å². The number of halogens is 2. The van der Waals surface area contributed by atoms with E-state index >= 15 is 0 Å². The fraction of sp³-hybridized carbons (Fsp3) is 0.351. The minimum Gasteiger partial charge on any atom is -0.368 e. The maximum absolute atomic E-state index is 13.2. The van der Waals surface area contributed by atoms with E-state index in [0.29, 0.717) is 28.5 Å². The Morgan fingerprint density at radius 3 is 2.64 bits per heavy atom. The van der Waals surface area contributed by atoms with Gasteiger partial charge in [0, 0.05) is 53.3 Å². The van der Waals surface area contributed by atoms with Gasteiger partial charge in [-0.2, -0.15) is 5.10 Å². The molecule has 2 heterocycles. The normalized spacial score (nSPS) is 22.3. The van der Waals surface area contributed by atoms with Crippen LogP contribution in [0.2, 0.25) is 5.02 Å². The molecule has 6 nitrogen and oxygen atoms in total. The molecule has 1 amide bonds. The monoisotopic (exact) mass is 681 g/mol. The summed E-state index contributed by atoms with van der Waals surface area (Å²) in [6.45, 7) is 6.06. The molecule has 1 saturated heterocycles. The van der Waals surface area contributed by atoms with Gasteiger partial charge in [-0.25, -0.2) is 4.68 Å². The average Bonchev–Trinajstić information content (AvgIpc) is 3.45. The van der Waals surface area contributed by atoms with Gasteiger partial charge in [0.15, 0.2) is 0 Å². The van der Waals surface area contributed by atoms with Crippen molar-refractivity contribution in [1.82, 2.24) is 14.7 Å². The van der Waals surface area contributed by atoms with Crippen molar-refractivity contribution in [3.63, 3.8) is 0 Å². The van der Waals surface area contributed by atoms with Gasteiger partial charge in [-0.1, -0.05) is 35.9 Å². The van der Waals surface area contributed by atoms with Crippen molar-refractivity contribution in [3.8, 4) is 5.69 Å². The Bertz CT molecular complexity index is 1810. The number of piperazine rings is 1. The maximum atomic E-state index is 13.2. The lowest BCUT2D eigenvalue weighted by Crippen LogP contribution is -2.54. The van der Waals surface area contributed by atoms with Crippen LogP contribution in [0.15, 0.2) is 71.3 Å². The summed E-state index contributed by atoms with van der Waals surface area (Å²) >= 11 is 9.86. The lowest BCUT2D eigenvalue weighted by atomic mass is 9.64. The largest absolute Gasteiger partial charge is 0.368 e. The molecule has 0 bridgehead atoms. The van der Waals surface area contributed by atoms with E-state index in [4.69, 9.17) is 11.6 Å². The molecule has 8 heteroatoms. The number of aromatic nitrogens is 2. The Hall–Kier alpha value is -3.39. The standard InChI is InChI=1S/C37H37BrClN5O/c1-23-31(22-40-44(23)29-13-10-27(39)11-14-29)37(45)41-28-12-15-33(32(38)21-28)42-16-18-43(19-17-42)34-20-26-6-2-4-24-8-9-25-5-3-7-30(34)36(25)35(24)26/h2,4,8-15,21-22,26,30,34H,3,5-7,16-20H2,1H3,(H,41,45). The zero-order valence-electron chi connectivity index (χ0n) is 25.5. The van der Waals surface area contributed by atoms with Crippen LogP contribution in [0.1, 0.15) is 75.8 Å². The van der Waals surface area contributed by atoms with E-state index in [-0.39, 0.29) is 5.91 Å². The molecule has 1 aromatic heterocycles. The summed E-state index contributed by atoms with van der Waals surface area (Å²) in [7, 11) is 0. The number of amides is 1. The number of rotatable bonds is 5. The first-order valence-corrected chi connectivity index (χ1v) is 17.3. The molecule has 230 valence electrons. The van der Waals surface area contributed by atoms with Gasteiger partial charge in [0.2, 0.25) is 0 Å². The van der Waals surface area contributed by atoms with Crippen molar-refractivity contribution in [3.05, 3.63) is 110 Å². The quantitative estimate of drug-likeness (QED) is 0.230. The average molecular weight is 683 g/mol. The summed E-state index contributed by atoms with van der Waals surface area (Å²) in [5.74, 6) is 1.17. The number of aryl methyl sites for hydroxylation is 1. The predicted molar refractivity (Wildman–Crippen MR) is 186 cm³/mol. The Kier molecular flexibility index (Phi) is 7.59. The molecule has 4 aromatic rings. The van der Waals surface area contributed by atoms with Crippen molar-refractivity contribution in [2.75, 3.05) is 36.4 Å². The Morgan fingerprint density at radius 1 is 1.02 bits per heavy atom. The number of carbonyl (C=O) groups excluding carboxylic acids is 1. The molecule has 3 aromatic carbocycles. The van der Waals surface area contributed by atoms with Crippen LogP contribution >= 0.6 is 27.5 Å². The molecule has 1 fully saturated rings. The number of benzene rings is 3. The number of nitrogens with zero attached hydrogens (tertiary/aromatic N) is 4. The van der Waals surface area contributed by atoms with Gasteiger partial charge >= 0.3 is 0 Å². The number of nitrogens with one attached hydrogen (secondary N) is 1. The highest BCUT2D eigenvalue weighted by molar-refractivity contribution is 9.10. The number of anilines is 2. The molecule has 1 N–H and O–H groups in total. The van der Waals surface area contributed by atoms with Crippen LogP contribution in [0.5, 0.6) is 0 Å². The summed E-state index contributed by atoms with van der Waals surface area (Å²) in [5, 5.41) is 8.17. The van der Waals surface area contributed by atoms with Crippen LogP contribution < -0.4 is 10.2 Å². The second kappa shape index (κ2) is 11.8. The first-order chi connectivity index (χ1) is 21.9. The first kappa shape index (κ1) is 29.0. The smallest absolute Gasteiger partial charge is 0.259 e. The van der Waals surface area contributed by atoms with Gasteiger partial charge in [0.25, 0.3) is 5.91 Å². The second-order valence-electron chi connectivity index (χ2n) is 13.0. The summed E-state index contributed by atoms with van der Waals surface area (Å²) in [6.07, 6.45) is 12.7. The predicted octanol–water partition coefficient (Wildman–Crippen LogP) is 8.36. The second-order valence-corrected chi connectivity index (χ2v) is 14.2. The first-order valence-electron chi connectivity index (χ1n) is 16.2. The van der Waals surface area contributed by atoms with Crippen LogP contribution in [0.25, 0.3) is 11.8 Å². The highest BCUT2D eigenvalue weighted by atomic mass is 79.9. The molecule has 0 saturated carbocycles. The van der Waals surface area contributed by atoms with E-state index in [2.05, 4.69) is 66.5 Å². The fourth-order valence-electron chi connectivity index (χ4n) is 8.36. The topological polar surface area (TPSA) is 53.4 Å². The lowest BCUT2D eigenvalue weighted by Gasteiger charge is -2.49. The van der Waals surface area contributed by atoms with E-state index in [1.807, 2.05) is 43.3 Å². The third-order valence-electron chi connectivity index (χ3n) is 10.5. The van der Waals surface area contributed by atoms with E-state index < -0.39 is 0 Å². The van der Waals surface area contributed by atoms with Crippen LogP contribution in [0, 0.1) is 6.92 Å². The molecule has 3 atom stereocenters. The summed E-state index contributed by atoms with van der Waals surface area (Å²) < 4.78 is 2.75. The molecule has 8 rings (SSSR count). The summed E-state index contributed by atoms with van der Waals surface area (Å²) in [6, 6.07) is 19.0. The molecule has 3 unspecified atom stereocenters. The third-order valence-corrected chi connectivity index (χ3v) is 11.4. The highest BCUT2D eigenvalue weighted by Crippen LogP contribution is 2.51. The van der Waals surface area contributed by atoms with Crippen LogP contribution in [0.4, 0.5) is 11.4 Å². The van der Waals surface area contributed by atoms with Crippen molar-refractivity contribution < 1.29 is 4.79 Å². The van der Waals surface area contributed by atoms with E-state index in [1.165, 1.54) is 43.4 Å². The minimum atomic E-state index is -0.179. The van der Waals surface area contributed by atoms with Crippen molar-refractivity contribution >= 4 is 50.9 Å². The third kappa shape index (κ3) is 5.23. The Morgan fingerprint density at radius 2 is 1.84 bits per heavy atom. The molecule has 1 aliphatic heterocycles. The van der Waals surface area contributed by atoms with Gasteiger partial charge in [-0.3, -0.25) is 9.69 Å².